The quantitative estimate of drug-likeness (QED) is 0.785. The summed E-state index contributed by atoms with van der Waals surface area (Å²) in [4.78, 5) is 15.0. The van der Waals surface area contributed by atoms with Crippen LogP contribution in [-0.4, -0.2) is 16.7 Å². The number of ether oxygens (including phenoxy) is 1. The Labute approximate surface area is 134 Å². The van der Waals surface area contributed by atoms with Crippen LogP contribution in [-0.2, 0) is 18.1 Å². The third-order valence-electron chi connectivity index (χ3n) is 3.10. The summed E-state index contributed by atoms with van der Waals surface area (Å²) >= 11 is 1.72. The van der Waals surface area contributed by atoms with Gasteiger partial charge in [-0.25, -0.2) is 0 Å². The van der Waals surface area contributed by atoms with Crippen molar-refractivity contribution >= 4 is 11.8 Å². The molecular weight excluding hydrogens is 298 g/mol. The summed E-state index contributed by atoms with van der Waals surface area (Å²) < 4.78 is 5.37. The molecule has 22 heavy (non-hydrogen) atoms. The second kappa shape index (κ2) is 8.66. The minimum atomic E-state index is -0.0786. The highest BCUT2D eigenvalue weighted by molar-refractivity contribution is 7.97. The van der Waals surface area contributed by atoms with Crippen LogP contribution in [0, 0.1) is 0 Å². The van der Waals surface area contributed by atoms with E-state index in [4.69, 9.17) is 9.84 Å². The standard InChI is InChI=1S/C17H21NO3S/c1-2-6-21-17-9-18-15(8-16(17)20)12-22-11-14-5-3-4-13(7-14)10-19/h3-5,7-9,19H,2,6,10-12H2,1H3,(H,18,20). The van der Waals surface area contributed by atoms with Gasteiger partial charge in [0.2, 0.25) is 5.43 Å². The van der Waals surface area contributed by atoms with Gasteiger partial charge in [-0.2, -0.15) is 11.8 Å². The normalized spacial score (nSPS) is 10.6. The van der Waals surface area contributed by atoms with Gasteiger partial charge in [-0.15, -0.1) is 0 Å². The first-order valence-corrected chi connectivity index (χ1v) is 8.49. The molecule has 0 amide bonds. The van der Waals surface area contributed by atoms with Crippen molar-refractivity contribution < 1.29 is 9.84 Å². The van der Waals surface area contributed by atoms with Crippen molar-refractivity contribution in [2.24, 2.45) is 0 Å². The molecule has 2 aromatic rings. The SMILES string of the molecule is CCCOc1c[nH]c(CSCc2cccc(CO)c2)cc1=O. The van der Waals surface area contributed by atoms with E-state index in [-0.39, 0.29) is 12.0 Å². The van der Waals surface area contributed by atoms with Gasteiger partial charge in [-0.05, 0) is 17.5 Å². The van der Waals surface area contributed by atoms with E-state index in [0.717, 1.165) is 29.2 Å². The number of aliphatic hydroxyl groups is 1. The first-order valence-electron chi connectivity index (χ1n) is 7.33. The van der Waals surface area contributed by atoms with Crippen LogP contribution in [0.15, 0.2) is 41.3 Å². The van der Waals surface area contributed by atoms with Gasteiger partial charge < -0.3 is 14.8 Å². The van der Waals surface area contributed by atoms with E-state index in [1.165, 1.54) is 5.56 Å². The molecule has 0 saturated heterocycles. The summed E-state index contributed by atoms with van der Waals surface area (Å²) in [6.45, 7) is 2.62. The van der Waals surface area contributed by atoms with Gasteiger partial charge in [0.25, 0.3) is 0 Å². The number of H-pyrrole nitrogens is 1. The molecule has 1 heterocycles. The molecule has 5 heteroatoms. The van der Waals surface area contributed by atoms with Crippen LogP contribution in [0.1, 0.15) is 30.2 Å². The summed E-state index contributed by atoms with van der Waals surface area (Å²) in [5.41, 5.74) is 2.90. The number of aromatic nitrogens is 1. The predicted octanol–water partition coefficient (Wildman–Crippen LogP) is 3.09. The van der Waals surface area contributed by atoms with Crippen LogP contribution in [0.5, 0.6) is 5.75 Å². The Balaban J connectivity index is 1.88. The molecule has 0 fully saturated rings. The number of hydrogen-bond acceptors (Lipinski definition) is 4. The number of benzene rings is 1. The third-order valence-corrected chi connectivity index (χ3v) is 4.15. The highest BCUT2D eigenvalue weighted by Crippen LogP contribution is 2.17. The van der Waals surface area contributed by atoms with Crippen LogP contribution in [0.25, 0.3) is 0 Å². The van der Waals surface area contributed by atoms with E-state index in [9.17, 15) is 4.79 Å². The van der Waals surface area contributed by atoms with E-state index in [1.807, 2.05) is 31.2 Å². The number of nitrogens with one attached hydrogen (secondary N) is 1. The lowest BCUT2D eigenvalue weighted by Crippen LogP contribution is -2.09. The summed E-state index contributed by atoms with van der Waals surface area (Å²) in [7, 11) is 0. The molecule has 1 aromatic heterocycles. The molecule has 1 aromatic carbocycles. The molecule has 0 atom stereocenters. The number of pyridine rings is 1. The largest absolute Gasteiger partial charge is 0.488 e. The number of rotatable bonds is 8. The highest BCUT2D eigenvalue weighted by atomic mass is 32.2. The smallest absolute Gasteiger partial charge is 0.223 e. The average Bonchev–Trinajstić information content (AvgIpc) is 2.54. The van der Waals surface area contributed by atoms with Gasteiger partial charge in [0.1, 0.15) is 0 Å². The van der Waals surface area contributed by atoms with Crippen LogP contribution in [0.3, 0.4) is 0 Å². The Morgan fingerprint density at radius 2 is 2.05 bits per heavy atom. The zero-order valence-corrected chi connectivity index (χ0v) is 13.5. The fourth-order valence-electron chi connectivity index (χ4n) is 2.01. The Hall–Kier alpha value is -1.72. The number of aliphatic hydroxyl groups excluding tert-OH is 1. The van der Waals surface area contributed by atoms with Crippen LogP contribution in [0.2, 0.25) is 0 Å². The molecular formula is C17H21NO3S. The van der Waals surface area contributed by atoms with Gasteiger partial charge in [0.05, 0.1) is 13.2 Å². The molecule has 4 nitrogen and oxygen atoms in total. The Morgan fingerprint density at radius 1 is 1.23 bits per heavy atom. The average molecular weight is 319 g/mol. The second-order valence-electron chi connectivity index (χ2n) is 5.01. The lowest BCUT2D eigenvalue weighted by atomic mass is 10.1. The Bertz CT molecular complexity index is 654. The molecule has 0 radical (unpaired) electrons. The van der Waals surface area contributed by atoms with Gasteiger partial charge >= 0.3 is 0 Å². The predicted molar refractivity (Wildman–Crippen MR) is 90.2 cm³/mol. The van der Waals surface area contributed by atoms with Crippen LogP contribution in [0.4, 0.5) is 0 Å². The van der Waals surface area contributed by atoms with Gasteiger partial charge in [0.15, 0.2) is 5.75 Å². The van der Waals surface area contributed by atoms with Crippen molar-refractivity contribution in [2.75, 3.05) is 6.61 Å². The van der Waals surface area contributed by atoms with Crippen molar-refractivity contribution in [3.8, 4) is 5.75 Å². The first-order chi connectivity index (χ1) is 10.7. The summed E-state index contributed by atoms with van der Waals surface area (Å²) in [6.07, 6.45) is 2.52. The maximum Gasteiger partial charge on any atom is 0.223 e. The van der Waals surface area contributed by atoms with E-state index in [2.05, 4.69) is 4.98 Å². The molecule has 2 N–H and O–H groups in total. The molecule has 0 unspecified atom stereocenters. The van der Waals surface area contributed by atoms with Crippen molar-refractivity contribution in [3.63, 3.8) is 0 Å². The first kappa shape index (κ1) is 16.6. The zero-order chi connectivity index (χ0) is 15.8. The van der Waals surface area contributed by atoms with Gasteiger partial charge in [-0.3, -0.25) is 4.79 Å². The molecule has 0 aliphatic carbocycles. The van der Waals surface area contributed by atoms with Crippen molar-refractivity contribution in [1.29, 1.82) is 0 Å². The van der Waals surface area contributed by atoms with Gasteiger partial charge in [-0.1, -0.05) is 31.2 Å². The zero-order valence-electron chi connectivity index (χ0n) is 12.7. The third kappa shape index (κ3) is 4.93. The molecule has 0 aliphatic heterocycles. The fourth-order valence-corrected chi connectivity index (χ4v) is 2.91. The molecule has 0 saturated carbocycles. The van der Waals surface area contributed by atoms with Crippen molar-refractivity contribution in [2.45, 2.75) is 31.5 Å². The Morgan fingerprint density at radius 3 is 2.77 bits per heavy atom. The molecule has 0 bridgehead atoms. The highest BCUT2D eigenvalue weighted by Gasteiger charge is 2.03. The van der Waals surface area contributed by atoms with E-state index < -0.39 is 0 Å². The summed E-state index contributed by atoms with van der Waals surface area (Å²) in [5, 5.41) is 9.13. The summed E-state index contributed by atoms with van der Waals surface area (Å²) in [5.74, 6) is 1.95. The van der Waals surface area contributed by atoms with Crippen molar-refractivity contribution in [3.05, 3.63) is 63.6 Å². The topological polar surface area (TPSA) is 62.3 Å². The monoisotopic (exact) mass is 319 g/mol. The lowest BCUT2D eigenvalue weighted by Gasteiger charge is -2.06. The molecule has 0 aliphatic rings. The van der Waals surface area contributed by atoms with E-state index in [0.29, 0.717) is 12.4 Å². The molecule has 0 spiro atoms. The lowest BCUT2D eigenvalue weighted by molar-refractivity contribution is 0.282. The minimum Gasteiger partial charge on any atom is -0.488 e. The number of thioether (sulfide) groups is 1. The van der Waals surface area contributed by atoms with E-state index >= 15 is 0 Å². The minimum absolute atomic E-state index is 0.0606. The van der Waals surface area contributed by atoms with Crippen LogP contribution >= 0.6 is 11.8 Å². The number of hydrogen-bond donors (Lipinski definition) is 2. The second-order valence-corrected chi connectivity index (χ2v) is 5.99. The Kier molecular flexibility index (Phi) is 6.55. The van der Waals surface area contributed by atoms with Crippen molar-refractivity contribution in [1.82, 2.24) is 4.98 Å². The molecule has 118 valence electrons. The van der Waals surface area contributed by atoms with E-state index in [1.54, 1.807) is 24.0 Å². The number of aromatic amines is 1. The maximum absolute atomic E-state index is 11.9. The molecule has 2 rings (SSSR count). The summed E-state index contributed by atoms with van der Waals surface area (Å²) in [6, 6.07) is 9.49. The van der Waals surface area contributed by atoms with Crippen LogP contribution < -0.4 is 10.2 Å². The van der Waals surface area contributed by atoms with Gasteiger partial charge in [0, 0.05) is 29.5 Å². The fraction of sp³-hybridized carbons (Fsp3) is 0.353. The maximum atomic E-state index is 11.9.